The van der Waals surface area contributed by atoms with Crippen LogP contribution in [0.4, 0.5) is 8.78 Å². The lowest BCUT2D eigenvalue weighted by atomic mass is 9.99. The fourth-order valence-corrected chi connectivity index (χ4v) is 3.51. The Morgan fingerprint density at radius 3 is 2.70 bits per heavy atom. The molecular weight excluding hydrogens is 432 g/mol. The van der Waals surface area contributed by atoms with Crippen LogP contribution in [-0.4, -0.2) is 46.3 Å². The standard InChI is InChI=1S/C24H25F2N3O4/c1-5-21(26)33-20-9-13(8-19(32-4)22(20)23(30)28-17-10-16(17)25)15-11-27-29-12-14(24(2,3)31)6-7-18(15)29/h5-9,11-12,16-17,21,31H,1,10H2,2-4H3,(H,28,30)/t16-,17+,21?/m0/s1. The molecule has 1 unspecified atom stereocenters. The van der Waals surface area contributed by atoms with Crippen LogP contribution in [0, 0.1) is 0 Å². The normalized spacial score (nSPS) is 18.6. The molecule has 7 nitrogen and oxygen atoms in total. The van der Waals surface area contributed by atoms with Crippen molar-refractivity contribution in [3.8, 4) is 22.6 Å². The number of hydrogen-bond acceptors (Lipinski definition) is 5. The first-order chi connectivity index (χ1) is 15.6. The molecule has 2 aromatic heterocycles. The average molecular weight is 457 g/mol. The van der Waals surface area contributed by atoms with Gasteiger partial charge in [-0.1, -0.05) is 12.6 Å². The van der Waals surface area contributed by atoms with E-state index in [4.69, 9.17) is 9.47 Å². The molecular formula is C24H25F2N3O4. The van der Waals surface area contributed by atoms with Crippen LogP contribution in [0.2, 0.25) is 0 Å². The number of carbonyl (C=O) groups is 1. The second-order valence-electron chi connectivity index (χ2n) is 8.45. The molecule has 9 heteroatoms. The van der Waals surface area contributed by atoms with Crippen molar-refractivity contribution in [1.82, 2.24) is 14.9 Å². The molecule has 33 heavy (non-hydrogen) atoms. The van der Waals surface area contributed by atoms with Crippen molar-refractivity contribution in [2.45, 2.75) is 44.4 Å². The van der Waals surface area contributed by atoms with Gasteiger partial charge in [0.15, 0.2) is 0 Å². The number of halogens is 2. The molecule has 0 spiro atoms. The van der Waals surface area contributed by atoms with E-state index >= 15 is 0 Å². The molecule has 1 aromatic carbocycles. The minimum absolute atomic E-state index is 0.0364. The summed E-state index contributed by atoms with van der Waals surface area (Å²) in [5.74, 6) is -0.554. The fraction of sp³-hybridized carbons (Fsp3) is 0.333. The second-order valence-corrected chi connectivity index (χ2v) is 8.45. The van der Waals surface area contributed by atoms with Gasteiger partial charge in [-0.05, 0) is 43.7 Å². The van der Waals surface area contributed by atoms with Crippen LogP contribution in [0.1, 0.15) is 36.2 Å². The van der Waals surface area contributed by atoms with E-state index in [1.165, 1.54) is 13.2 Å². The summed E-state index contributed by atoms with van der Waals surface area (Å²) in [6.45, 7) is 6.72. The van der Waals surface area contributed by atoms with Crippen molar-refractivity contribution in [2.75, 3.05) is 7.11 Å². The van der Waals surface area contributed by atoms with Gasteiger partial charge in [0.05, 0.1) is 30.5 Å². The van der Waals surface area contributed by atoms with Crippen LogP contribution in [-0.2, 0) is 5.60 Å². The minimum Gasteiger partial charge on any atom is -0.496 e. The number of methoxy groups -OCH3 is 1. The molecule has 3 atom stereocenters. The maximum absolute atomic E-state index is 14.1. The quantitative estimate of drug-likeness (QED) is 0.501. The summed E-state index contributed by atoms with van der Waals surface area (Å²) in [6.07, 6.45) is 1.54. The number of nitrogens with one attached hydrogen (secondary N) is 1. The number of ether oxygens (including phenoxy) is 2. The topological polar surface area (TPSA) is 85.1 Å². The Labute approximate surface area is 189 Å². The number of carbonyl (C=O) groups excluding carboxylic acids is 1. The molecule has 1 amide bonds. The van der Waals surface area contributed by atoms with Crippen LogP contribution in [0.25, 0.3) is 16.6 Å². The zero-order valence-electron chi connectivity index (χ0n) is 18.5. The number of alkyl halides is 2. The van der Waals surface area contributed by atoms with Gasteiger partial charge in [-0.25, -0.2) is 8.91 Å². The number of aliphatic hydroxyl groups is 1. The van der Waals surface area contributed by atoms with Gasteiger partial charge < -0.3 is 19.9 Å². The lowest BCUT2D eigenvalue weighted by Crippen LogP contribution is -2.28. The third-order valence-corrected chi connectivity index (χ3v) is 5.50. The fourth-order valence-electron chi connectivity index (χ4n) is 3.51. The first-order valence-corrected chi connectivity index (χ1v) is 10.4. The Kier molecular flexibility index (Phi) is 5.84. The Bertz CT molecular complexity index is 1220. The SMILES string of the molecule is C=CC(F)Oc1cc(-c2cnn3cc(C(C)(C)O)ccc23)cc(OC)c1C(=O)N[C@@H]1C[C@@H]1F. The molecule has 174 valence electrons. The number of aromatic nitrogens is 2. The zero-order valence-corrected chi connectivity index (χ0v) is 18.5. The summed E-state index contributed by atoms with van der Waals surface area (Å²) in [5, 5.41) is 17.2. The van der Waals surface area contributed by atoms with Crippen molar-refractivity contribution < 1.29 is 28.2 Å². The maximum atomic E-state index is 14.1. The van der Waals surface area contributed by atoms with Gasteiger partial charge in [0.1, 0.15) is 23.2 Å². The first kappa shape index (κ1) is 22.7. The van der Waals surface area contributed by atoms with Gasteiger partial charge >= 0.3 is 0 Å². The summed E-state index contributed by atoms with van der Waals surface area (Å²) in [6, 6.07) is 6.13. The van der Waals surface area contributed by atoms with Crippen molar-refractivity contribution in [1.29, 1.82) is 0 Å². The van der Waals surface area contributed by atoms with Crippen molar-refractivity contribution >= 4 is 11.4 Å². The van der Waals surface area contributed by atoms with Crippen LogP contribution in [0.5, 0.6) is 11.5 Å². The average Bonchev–Trinajstić information content (AvgIpc) is 3.29. The number of pyridine rings is 1. The molecule has 0 radical (unpaired) electrons. The van der Waals surface area contributed by atoms with Gasteiger partial charge in [0, 0.05) is 23.7 Å². The molecule has 0 aliphatic heterocycles. The minimum atomic E-state index is -1.87. The van der Waals surface area contributed by atoms with E-state index < -0.39 is 30.1 Å². The predicted octanol–water partition coefficient (Wildman–Crippen LogP) is 3.94. The molecule has 3 aromatic rings. The van der Waals surface area contributed by atoms with E-state index in [1.807, 2.05) is 0 Å². The van der Waals surface area contributed by atoms with Gasteiger partial charge in [0.2, 0.25) is 0 Å². The van der Waals surface area contributed by atoms with E-state index in [2.05, 4.69) is 17.0 Å². The zero-order chi connectivity index (χ0) is 23.9. The predicted molar refractivity (Wildman–Crippen MR) is 119 cm³/mol. The summed E-state index contributed by atoms with van der Waals surface area (Å²) >= 11 is 0. The maximum Gasteiger partial charge on any atom is 0.259 e. The molecule has 1 aliphatic carbocycles. The first-order valence-electron chi connectivity index (χ1n) is 10.4. The highest BCUT2D eigenvalue weighted by Gasteiger charge is 2.40. The van der Waals surface area contributed by atoms with Gasteiger partial charge in [-0.15, -0.1) is 0 Å². The summed E-state index contributed by atoms with van der Waals surface area (Å²) in [7, 11) is 1.38. The van der Waals surface area contributed by atoms with E-state index in [0.717, 1.165) is 6.08 Å². The molecule has 0 bridgehead atoms. The molecule has 1 aliphatic rings. The number of rotatable bonds is 8. The Hall–Kier alpha value is -3.46. The molecule has 0 saturated heterocycles. The van der Waals surface area contributed by atoms with Gasteiger partial charge in [-0.3, -0.25) is 4.79 Å². The lowest BCUT2D eigenvalue weighted by Gasteiger charge is -2.18. The summed E-state index contributed by atoms with van der Waals surface area (Å²) in [4.78, 5) is 12.8. The number of nitrogens with zero attached hydrogens (tertiary/aromatic N) is 2. The highest BCUT2D eigenvalue weighted by Crippen LogP contribution is 2.38. The third-order valence-electron chi connectivity index (χ3n) is 5.50. The van der Waals surface area contributed by atoms with Crippen LogP contribution < -0.4 is 14.8 Å². The number of benzene rings is 1. The van der Waals surface area contributed by atoms with Crippen LogP contribution in [0.15, 0.2) is 49.3 Å². The molecule has 1 fully saturated rings. The van der Waals surface area contributed by atoms with E-state index in [1.54, 1.807) is 49.0 Å². The van der Waals surface area contributed by atoms with Crippen LogP contribution in [0.3, 0.4) is 0 Å². The molecule has 2 N–H and O–H groups in total. The van der Waals surface area contributed by atoms with Crippen LogP contribution >= 0.6 is 0 Å². The Morgan fingerprint density at radius 2 is 2.09 bits per heavy atom. The van der Waals surface area contributed by atoms with Crippen molar-refractivity contribution in [3.63, 3.8) is 0 Å². The van der Waals surface area contributed by atoms with Crippen molar-refractivity contribution in [2.24, 2.45) is 0 Å². The Balaban J connectivity index is 1.81. The third kappa shape index (κ3) is 4.54. The van der Waals surface area contributed by atoms with E-state index in [-0.39, 0.29) is 23.5 Å². The summed E-state index contributed by atoms with van der Waals surface area (Å²) in [5.41, 5.74) is 1.55. The highest BCUT2D eigenvalue weighted by atomic mass is 19.1. The molecule has 2 heterocycles. The monoisotopic (exact) mass is 457 g/mol. The molecule has 1 saturated carbocycles. The van der Waals surface area contributed by atoms with Gasteiger partial charge in [-0.2, -0.15) is 9.49 Å². The van der Waals surface area contributed by atoms with E-state index in [9.17, 15) is 18.7 Å². The number of hydrogen-bond donors (Lipinski definition) is 2. The molecule has 4 rings (SSSR count). The van der Waals surface area contributed by atoms with E-state index in [0.29, 0.717) is 22.2 Å². The highest BCUT2D eigenvalue weighted by molar-refractivity contribution is 6.01. The summed E-state index contributed by atoms with van der Waals surface area (Å²) < 4.78 is 39.8. The lowest BCUT2D eigenvalue weighted by molar-refractivity contribution is 0.0780. The number of amides is 1. The smallest absolute Gasteiger partial charge is 0.259 e. The Morgan fingerprint density at radius 1 is 1.39 bits per heavy atom. The number of fused-ring (bicyclic) bond motifs is 1. The largest absolute Gasteiger partial charge is 0.496 e. The van der Waals surface area contributed by atoms with Crippen molar-refractivity contribution in [3.05, 3.63) is 60.4 Å². The second kappa shape index (κ2) is 8.47. The van der Waals surface area contributed by atoms with Gasteiger partial charge in [0.25, 0.3) is 12.3 Å².